The molecular weight excluding hydrogens is 233 g/mol. The molecule has 0 saturated heterocycles. The van der Waals surface area contributed by atoms with Crippen LogP contribution in [0.3, 0.4) is 0 Å². The molecule has 0 atom stereocenters. The molecule has 18 heavy (non-hydrogen) atoms. The van der Waals surface area contributed by atoms with Gasteiger partial charge in [-0.2, -0.15) is 10.5 Å². The molecule has 0 aliphatic rings. The average Bonchev–Trinajstić information content (AvgIpc) is 2.39. The van der Waals surface area contributed by atoms with E-state index in [1.54, 1.807) is 6.07 Å². The van der Waals surface area contributed by atoms with Crippen molar-refractivity contribution in [3.63, 3.8) is 0 Å². The number of aromatic nitrogens is 1. The van der Waals surface area contributed by atoms with E-state index in [9.17, 15) is 4.39 Å². The number of ether oxygens (including phenoxy) is 1. The summed E-state index contributed by atoms with van der Waals surface area (Å²) in [6.45, 7) is 0. The van der Waals surface area contributed by atoms with Gasteiger partial charge in [-0.15, -0.1) is 0 Å². The van der Waals surface area contributed by atoms with Crippen molar-refractivity contribution in [2.75, 3.05) is 0 Å². The summed E-state index contributed by atoms with van der Waals surface area (Å²) in [7, 11) is 0. The number of halogens is 1. The minimum absolute atomic E-state index is 0.0546. The molecule has 1 aromatic heterocycles. The fraction of sp³-hybridized carbons (Fsp3) is 0. The van der Waals surface area contributed by atoms with Gasteiger partial charge in [0.25, 0.3) is 0 Å². The van der Waals surface area contributed by atoms with Crippen LogP contribution in [-0.4, -0.2) is 4.98 Å². The molecule has 0 fully saturated rings. The fourth-order valence-electron chi connectivity index (χ4n) is 1.31. The molecule has 2 rings (SSSR count). The van der Waals surface area contributed by atoms with Crippen molar-refractivity contribution in [3.05, 3.63) is 53.5 Å². The molecule has 2 aromatic rings. The largest absolute Gasteiger partial charge is 0.439 e. The van der Waals surface area contributed by atoms with Crippen LogP contribution < -0.4 is 4.74 Å². The third-order valence-corrected chi connectivity index (χ3v) is 2.15. The van der Waals surface area contributed by atoms with E-state index in [-0.39, 0.29) is 17.2 Å². The molecule has 0 N–H and O–H groups in total. The molecule has 0 amide bonds. The highest BCUT2D eigenvalue weighted by molar-refractivity contribution is 5.38. The van der Waals surface area contributed by atoms with Gasteiger partial charge in [-0.3, -0.25) is 0 Å². The predicted molar refractivity (Wildman–Crippen MR) is 60.1 cm³/mol. The zero-order valence-corrected chi connectivity index (χ0v) is 9.09. The number of nitrogens with zero attached hydrogens (tertiary/aromatic N) is 3. The van der Waals surface area contributed by atoms with Gasteiger partial charge in [0.05, 0.1) is 17.2 Å². The number of hydrogen-bond donors (Lipinski definition) is 0. The summed E-state index contributed by atoms with van der Waals surface area (Å²) in [6, 6.07) is 10.5. The van der Waals surface area contributed by atoms with E-state index in [1.165, 1.54) is 30.5 Å². The van der Waals surface area contributed by atoms with Gasteiger partial charge in [-0.05, 0) is 18.2 Å². The lowest BCUT2D eigenvalue weighted by atomic mass is 10.2. The number of rotatable bonds is 2. The lowest BCUT2D eigenvalue weighted by Gasteiger charge is -2.04. The normalized spacial score (nSPS) is 9.28. The Morgan fingerprint density at radius 2 is 1.94 bits per heavy atom. The van der Waals surface area contributed by atoms with Crippen LogP contribution in [0.4, 0.5) is 4.39 Å². The Hall–Kier alpha value is -2.92. The monoisotopic (exact) mass is 239 g/mol. The van der Waals surface area contributed by atoms with Crippen molar-refractivity contribution in [1.82, 2.24) is 4.98 Å². The highest BCUT2D eigenvalue weighted by Gasteiger charge is 2.05. The van der Waals surface area contributed by atoms with Gasteiger partial charge < -0.3 is 4.74 Å². The van der Waals surface area contributed by atoms with E-state index in [0.29, 0.717) is 5.56 Å². The fourth-order valence-corrected chi connectivity index (χ4v) is 1.31. The van der Waals surface area contributed by atoms with Crippen LogP contribution in [0.5, 0.6) is 11.6 Å². The average molecular weight is 239 g/mol. The molecule has 0 spiro atoms. The van der Waals surface area contributed by atoms with Crippen molar-refractivity contribution in [2.24, 2.45) is 0 Å². The molecule has 0 unspecified atom stereocenters. The maximum atomic E-state index is 13.3. The van der Waals surface area contributed by atoms with Crippen molar-refractivity contribution in [2.45, 2.75) is 0 Å². The summed E-state index contributed by atoms with van der Waals surface area (Å²) in [5, 5.41) is 17.3. The van der Waals surface area contributed by atoms with E-state index in [0.717, 1.165) is 6.07 Å². The van der Waals surface area contributed by atoms with Crippen molar-refractivity contribution in [3.8, 4) is 23.8 Å². The first kappa shape index (κ1) is 11.6. The molecule has 0 aliphatic carbocycles. The highest BCUT2D eigenvalue weighted by atomic mass is 19.1. The summed E-state index contributed by atoms with van der Waals surface area (Å²) < 4.78 is 18.6. The minimum Gasteiger partial charge on any atom is -0.439 e. The molecule has 1 heterocycles. The quantitative estimate of drug-likeness (QED) is 0.807. The lowest BCUT2D eigenvalue weighted by molar-refractivity contribution is 0.457. The SMILES string of the molecule is N#Cc1ccnc(Oc2ccc(C#N)c(F)c2)c1. The molecule has 86 valence electrons. The first-order valence-corrected chi connectivity index (χ1v) is 4.96. The lowest BCUT2D eigenvalue weighted by Crippen LogP contribution is -1.90. The van der Waals surface area contributed by atoms with Gasteiger partial charge in [0.1, 0.15) is 17.6 Å². The summed E-state index contributed by atoms with van der Waals surface area (Å²) in [5.41, 5.74) is 0.343. The van der Waals surface area contributed by atoms with Crippen LogP contribution in [0.25, 0.3) is 0 Å². The van der Waals surface area contributed by atoms with Crippen molar-refractivity contribution < 1.29 is 9.13 Å². The third kappa shape index (κ3) is 2.42. The van der Waals surface area contributed by atoms with Gasteiger partial charge in [-0.1, -0.05) is 0 Å². The topological polar surface area (TPSA) is 69.7 Å². The van der Waals surface area contributed by atoms with Gasteiger partial charge in [0.15, 0.2) is 0 Å². The second-order valence-electron chi connectivity index (χ2n) is 3.35. The molecule has 0 radical (unpaired) electrons. The number of nitriles is 2. The second kappa shape index (κ2) is 4.94. The summed E-state index contributed by atoms with van der Waals surface area (Å²) in [6.07, 6.45) is 1.42. The molecule has 1 aromatic carbocycles. The van der Waals surface area contributed by atoms with E-state index >= 15 is 0 Å². The van der Waals surface area contributed by atoms with E-state index in [1.807, 2.05) is 6.07 Å². The van der Waals surface area contributed by atoms with Crippen LogP contribution in [0.2, 0.25) is 0 Å². The standard InChI is InChI=1S/C13H6FN3O/c14-12-6-11(2-1-10(12)8-16)18-13-5-9(7-15)3-4-17-13/h1-6H. The smallest absolute Gasteiger partial charge is 0.220 e. The van der Waals surface area contributed by atoms with Crippen LogP contribution >= 0.6 is 0 Å². The Kier molecular flexibility index (Phi) is 3.17. The molecule has 5 heteroatoms. The van der Waals surface area contributed by atoms with E-state index in [4.69, 9.17) is 15.3 Å². The van der Waals surface area contributed by atoms with Crippen molar-refractivity contribution in [1.29, 1.82) is 10.5 Å². The molecule has 0 bridgehead atoms. The summed E-state index contributed by atoms with van der Waals surface area (Å²) in [5.74, 6) is -0.251. The molecule has 0 aliphatic heterocycles. The zero-order valence-electron chi connectivity index (χ0n) is 9.09. The van der Waals surface area contributed by atoms with Crippen LogP contribution in [-0.2, 0) is 0 Å². The summed E-state index contributed by atoms with van der Waals surface area (Å²) in [4.78, 5) is 3.89. The number of benzene rings is 1. The minimum atomic E-state index is -0.661. The number of pyridine rings is 1. The maximum Gasteiger partial charge on any atom is 0.220 e. The molecule has 4 nitrogen and oxygen atoms in total. The second-order valence-corrected chi connectivity index (χ2v) is 3.35. The van der Waals surface area contributed by atoms with E-state index < -0.39 is 5.82 Å². The number of hydrogen-bond acceptors (Lipinski definition) is 4. The van der Waals surface area contributed by atoms with Crippen LogP contribution in [0, 0.1) is 28.5 Å². The Bertz CT molecular complexity index is 671. The Morgan fingerprint density at radius 1 is 1.11 bits per heavy atom. The summed E-state index contributed by atoms with van der Waals surface area (Å²) >= 11 is 0. The third-order valence-electron chi connectivity index (χ3n) is 2.15. The first-order valence-electron chi connectivity index (χ1n) is 4.96. The van der Waals surface area contributed by atoms with Gasteiger partial charge in [-0.25, -0.2) is 9.37 Å². The molecular formula is C13H6FN3O. The zero-order chi connectivity index (χ0) is 13.0. The maximum absolute atomic E-state index is 13.3. The Labute approximate surface area is 103 Å². The first-order chi connectivity index (χ1) is 8.72. The predicted octanol–water partition coefficient (Wildman–Crippen LogP) is 2.76. The van der Waals surface area contributed by atoms with Crippen LogP contribution in [0.15, 0.2) is 36.5 Å². The Morgan fingerprint density at radius 3 is 2.61 bits per heavy atom. The highest BCUT2D eigenvalue weighted by Crippen LogP contribution is 2.22. The van der Waals surface area contributed by atoms with E-state index in [2.05, 4.69) is 4.98 Å². The molecule has 0 saturated carbocycles. The van der Waals surface area contributed by atoms with Gasteiger partial charge >= 0.3 is 0 Å². The van der Waals surface area contributed by atoms with Crippen LogP contribution in [0.1, 0.15) is 11.1 Å². The van der Waals surface area contributed by atoms with Gasteiger partial charge in [0, 0.05) is 18.3 Å². The van der Waals surface area contributed by atoms with Gasteiger partial charge in [0.2, 0.25) is 5.88 Å². The van der Waals surface area contributed by atoms with Crippen molar-refractivity contribution >= 4 is 0 Å². The Balaban J connectivity index is 2.27.